The van der Waals surface area contributed by atoms with Crippen molar-refractivity contribution in [3.63, 3.8) is 0 Å². The Balaban J connectivity index is 1.51. The summed E-state index contributed by atoms with van der Waals surface area (Å²) >= 11 is 0. The van der Waals surface area contributed by atoms with Gasteiger partial charge in [0.2, 0.25) is 0 Å². The van der Waals surface area contributed by atoms with Gasteiger partial charge in [-0.2, -0.15) is 0 Å². The average Bonchev–Trinajstić information content (AvgIpc) is 2.98. The lowest BCUT2D eigenvalue weighted by Crippen LogP contribution is -2.56. The van der Waals surface area contributed by atoms with Crippen LogP contribution in [0.3, 0.4) is 0 Å². The fraction of sp³-hybridized carbons (Fsp3) is 0.556. The molecule has 188 valence electrons. The maximum absolute atomic E-state index is 13.4. The van der Waals surface area contributed by atoms with Gasteiger partial charge in [-0.05, 0) is 83.8 Å². The molecule has 0 N–H and O–H groups in total. The molecule has 35 heavy (non-hydrogen) atoms. The number of carbonyl (C=O) groups is 2. The molecule has 2 fully saturated rings. The Morgan fingerprint density at radius 1 is 1.03 bits per heavy atom. The minimum absolute atomic E-state index is 0.0377. The molecule has 2 heterocycles. The van der Waals surface area contributed by atoms with E-state index >= 15 is 0 Å². The number of nitrogens with zero attached hydrogens (tertiary/aromatic N) is 2. The lowest BCUT2D eigenvalue weighted by molar-refractivity contribution is 0.00578. The normalized spacial score (nSPS) is 21.9. The summed E-state index contributed by atoms with van der Waals surface area (Å²) in [5, 5.41) is 1.97. The summed E-state index contributed by atoms with van der Waals surface area (Å²) in [6.45, 7) is 17.0. The van der Waals surface area contributed by atoms with E-state index in [-0.39, 0.29) is 18.0 Å². The van der Waals surface area contributed by atoms with Gasteiger partial charge in [-0.3, -0.25) is 4.79 Å². The Hall–Kier alpha value is -2.58. The van der Waals surface area contributed by atoms with Gasteiger partial charge in [0, 0.05) is 31.2 Å². The zero-order valence-corrected chi connectivity index (χ0v) is 22.2. The molecule has 2 saturated heterocycles. The number of carbonyl (C=O) groups excluding carboxylic acids is 2. The quantitative estimate of drug-likeness (QED) is 0.603. The van der Waals surface area contributed by atoms with E-state index in [0.29, 0.717) is 25.2 Å². The maximum atomic E-state index is 13.4. The molecule has 0 aliphatic carbocycles. The summed E-state index contributed by atoms with van der Waals surface area (Å²) in [6, 6.07) is 11.7. The maximum Gasteiger partial charge on any atom is 0.495 e. The lowest BCUT2D eigenvalue weighted by Gasteiger charge is -2.40. The van der Waals surface area contributed by atoms with Gasteiger partial charge in [0.05, 0.1) is 11.2 Å². The van der Waals surface area contributed by atoms with E-state index in [9.17, 15) is 9.59 Å². The number of ether oxygens (including phenoxy) is 1. The fourth-order valence-electron chi connectivity index (χ4n) is 4.53. The highest BCUT2D eigenvalue weighted by atomic mass is 16.7. The van der Waals surface area contributed by atoms with E-state index in [1.807, 2.05) is 96.7 Å². The van der Waals surface area contributed by atoms with Crippen LogP contribution in [-0.2, 0) is 14.0 Å². The highest BCUT2D eigenvalue weighted by Gasteiger charge is 2.52. The summed E-state index contributed by atoms with van der Waals surface area (Å²) in [6.07, 6.45) is -0.336. The Kier molecular flexibility index (Phi) is 6.43. The van der Waals surface area contributed by atoms with E-state index < -0.39 is 23.9 Å². The van der Waals surface area contributed by atoms with Crippen LogP contribution in [-0.4, -0.2) is 71.4 Å². The Morgan fingerprint density at radius 2 is 1.69 bits per heavy atom. The summed E-state index contributed by atoms with van der Waals surface area (Å²) in [7, 11) is -0.466. The van der Waals surface area contributed by atoms with Crippen molar-refractivity contribution >= 4 is 35.4 Å². The molecule has 2 amide bonds. The molecule has 0 bridgehead atoms. The van der Waals surface area contributed by atoms with Gasteiger partial charge < -0.3 is 23.8 Å². The highest BCUT2D eigenvalue weighted by Crippen LogP contribution is 2.37. The van der Waals surface area contributed by atoms with Gasteiger partial charge >= 0.3 is 13.2 Å². The first-order chi connectivity index (χ1) is 16.2. The summed E-state index contributed by atoms with van der Waals surface area (Å²) in [5.41, 5.74) is 0.193. The van der Waals surface area contributed by atoms with Crippen molar-refractivity contribution in [1.29, 1.82) is 0 Å². The molecule has 2 aromatic carbocycles. The predicted octanol–water partition coefficient (Wildman–Crippen LogP) is 4.22. The van der Waals surface area contributed by atoms with Crippen LogP contribution in [0.2, 0.25) is 0 Å². The third-order valence-electron chi connectivity index (χ3n) is 7.21. The SMILES string of the molecule is C[C@H]1CN(C(=O)OC(C)(C)C)CCN1C(=O)c1ccc2c(B3OC(C)(C)C(C)(C)O3)cccc2c1. The number of benzene rings is 2. The third-order valence-corrected chi connectivity index (χ3v) is 7.21. The molecule has 0 unspecified atom stereocenters. The molecule has 8 heteroatoms. The number of rotatable bonds is 2. The first kappa shape index (κ1) is 25.5. The standard InChI is InChI=1S/C27H37BN2O5/c1-18-17-29(24(32)33-25(2,3)4)14-15-30(18)23(31)20-12-13-21-19(16-20)10-9-11-22(21)28-34-26(5,6)27(7,8)35-28/h9-13,16,18H,14-15,17H2,1-8H3/t18-/m0/s1. The number of fused-ring (bicyclic) bond motifs is 1. The molecule has 0 saturated carbocycles. The Bertz CT molecular complexity index is 1120. The second-order valence-electron chi connectivity index (χ2n) is 11.6. The second kappa shape index (κ2) is 8.82. The summed E-state index contributed by atoms with van der Waals surface area (Å²) in [4.78, 5) is 29.4. The fourth-order valence-corrected chi connectivity index (χ4v) is 4.53. The molecule has 7 nitrogen and oxygen atoms in total. The summed E-state index contributed by atoms with van der Waals surface area (Å²) in [5.74, 6) is -0.0377. The second-order valence-corrected chi connectivity index (χ2v) is 11.6. The van der Waals surface area contributed by atoms with Crippen LogP contribution in [0.1, 0.15) is 65.7 Å². The molecular formula is C27H37BN2O5. The van der Waals surface area contributed by atoms with E-state index in [0.717, 1.165) is 16.2 Å². The Morgan fingerprint density at radius 3 is 2.29 bits per heavy atom. The molecule has 0 aromatic heterocycles. The molecule has 2 aromatic rings. The monoisotopic (exact) mass is 480 g/mol. The Labute approximate surface area is 208 Å². The topological polar surface area (TPSA) is 68.3 Å². The smallest absolute Gasteiger partial charge is 0.444 e. The number of hydrogen-bond donors (Lipinski definition) is 0. The molecule has 2 aliphatic rings. The zero-order valence-electron chi connectivity index (χ0n) is 22.2. The first-order valence-corrected chi connectivity index (χ1v) is 12.4. The van der Waals surface area contributed by atoms with Crippen molar-refractivity contribution in [2.24, 2.45) is 0 Å². The predicted molar refractivity (Wildman–Crippen MR) is 138 cm³/mol. The van der Waals surface area contributed by atoms with Gasteiger partial charge in [-0.1, -0.05) is 24.3 Å². The van der Waals surface area contributed by atoms with Gasteiger partial charge in [-0.15, -0.1) is 0 Å². The van der Waals surface area contributed by atoms with Crippen molar-refractivity contribution in [3.8, 4) is 0 Å². The van der Waals surface area contributed by atoms with Gasteiger partial charge in [0.25, 0.3) is 5.91 Å². The van der Waals surface area contributed by atoms with Crippen LogP contribution in [0.5, 0.6) is 0 Å². The van der Waals surface area contributed by atoms with E-state index in [2.05, 4.69) is 0 Å². The van der Waals surface area contributed by atoms with E-state index in [4.69, 9.17) is 14.0 Å². The van der Waals surface area contributed by atoms with Crippen LogP contribution in [0.15, 0.2) is 36.4 Å². The highest BCUT2D eigenvalue weighted by molar-refractivity contribution is 6.65. The van der Waals surface area contributed by atoms with E-state index in [1.165, 1.54) is 0 Å². The molecule has 4 rings (SSSR count). The van der Waals surface area contributed by atoms with Crippen LogP contribution >= 0.6 is 0 Å². The van der Waals surface area contributed by atoms with Crippen molar-refractivity contribution in [2.45, 2.75) is 78.2 Å². The van der Waals surface area contributed by atoms with Gasteiger partial charge in [0.1, 0.15) is 5.60 Å². The molecule has 1 atom stereocenters. The van der Waals surface area contributed by atoms with Crippen molar-refractivity contribution in [1.82, 2.24) is 9.80 Å². The molecule has 2 aliphatic heterocycles. The van der Waals surface area contributed by atoms with Gasteiger partial charge in [-0.25, -0.2) is 4.79 Å². The van der Waals surface area contributed by atoms with Crippen LogP contribution in [0.25, 0.3) is 10.8 Å². The van der Waals surface area contributed by atoms with Crippen molar-refractivity contribution < 1.29 is 23.6 Å². The molecule has 0 spiro atoms. The zero-order chi connectivity index (χ0) is 25.8. The first-order valence-electron chi connectivity index (χ1n) is 12.4. The van der Waals surface area contributed by atoms with Crippen molar-refractivity contribution in [2.75, 3.05) is 19.6 Å². The minimum Gasteiger partial charge on any atom is -0.444 e. The minimum atomic E-state index is -0.544. The molecular weight excluding hydrogens is 443 g/mol. The lowest BCUT2D eigenvalue weighted by atomic mass is 9.76. The number of hydrogen-bond acceptors (Lipinski definition) is 5. The number of piperazine rings is 1. The summed E-state index contributed by atoms with van der Waals surface area (Å²) < 4.78 is 18.0. The molecule has 0 radical (unpaired) electrons. The average molecular weight is 480 g/mol. The largest absolute Gasteiger partial charge is 0.495 e. The van der Waals surface area contributed by atoms with Gasteiger partial charge in [0.15, 0.2) is 0 Å². The third kappa shape index (κ3) is 5.05. The van der Waals surface area contributed by atoms with Crippen LogP contribution in [0.4, 0.5) is 4.79 Å². The van der Waals surface area contributed by atoms with Crippen LogP contribution < -0.4 is 5.46 Å². The van der Waals surface area contributed by atoms with E-state index in [1.54, 1.807) is 4.90 Å². The number of amides is 2. The van der Waals surface area contributed by atoms with Crippen LogP contribution in [0, 0.1) is 0 Å². The van der Waals surface area contributed by atoms with Crippen molar-refractivity contribution in [3.05, 3.63) is 42.0 Å².